The molecule has 3 heterocycles. The highest BCUT2D eigenvalue weighted by Crippen LogP contribution is 2.25. The van der Waals surface area contributed by atoms with E-state index in [-0.39, 0.29) is 18.0 Å². The van der Waals surface area contributed by atoms with Crippen LogP contribution in [0.15, 0.2) is 67.1 Å². The van der Waals surface area contributed by atoms with Crippen LogP contribution in [-0.2, 0) is 0 Å². The summed E-state index contributed by atoms with van der Waals surface area (Å²) in [4.78, 5) is 22.0. The van der Waals surface area contributed by atoms with Crippen molar-refractivity contribution in [3.05, 3.63) is 72.7 Å². The van der Waals surface area contributed by atoms with Gasteiger partial charge in [0.2, 0.25) is 0 Å². The van der Waals surface area contributed by atoms with Crippen molar-refractivity contribution in [2.45, 2.75) is 31.3 Å². The molecule has 7 nitrogen and oxygen atoms in total. The summed E-state index contributed by atoms with van der Waals surface area (Å²) in [5, 5.41) is 7.45. The van der Waals surface area contributed by atoms with Crippen LogP contribution in [0.4, 0.5) is 0 Å². The van der Waals surface area contributed by atoms with Crippen LogP contribution in [0.25, 0.3) is 28.2 Å². The van der Waals surface area contributed by atoms with Gasteiger partial charge in [-0.05, 0) is 37.5 Å². The van der Waals surface area contributed by atoms with Crippen molar-refractivity contribution in [1.29, 1.82) is 0 Å². The van der Waals surface area contributed by atoms with Gasteiger partial charge in [-0.1, -0.05) is 30.3 Å². The number of amides is 1. The summed E-state index contributed by atoms with van der Waals surface area (Å²) in [5.74, 6) is -0.129. The predicted molar refractivity (Wildman–Crippen MR) is 115 cm³/mol. The van der Waals surface area contributed by atoms with Gasteiger partial charge in [-0.15, -0.1) is 0 Å². The van der Waals surface area contributed by atoms with Crippen LogP contribution in [-0.4, -0.2) is 37.6 Å². The van der Waals surface area contributed by atoms with Crippen molar-refractivity contribution in [3.8, 4) is 22.5 Å². The molecular formula is C23H22N6O. The molecule has 4 aromatic rings. The third kappa shape index (κ3) is 3.44. The first-order valence-electron chi connectivity index (χ1n) is 10.1. The topological polar surface area (TPSA) is 98.2 Å². The Morgan fingerprint density at radius 3 is 2.77 bits per heavy atom. The predicted octanol–water partition coefficient (Wildman–Crippen LogP) is 3.07. The zero-order valence-electron chi connectivity index (χ0n) is 16.4. The summed E-state index contributed by atoms with van der Waals surface area (Å²) in [5.41, 5.74) is 10.7. The number of carbonyl (C=O) groups excluding carboxylic acids is 1. The van der Waals surface area contributed by atoms with Gasteiger partial charge in [-0.2, -0.15) is 5.10 Å². The highest BCUT2D eigenvalue weighted by Gasteiger charge is 2.25. The highest BCUT2D eigenvalue weighted by molar-refractivity contribution is 5.95. The molecule has 1 aromatic carbocycles. The SMILES string of the molecule is N[C@@H]1CCC[C@H]1NC(=O)c1ccnc(-c2cnn3ccc(-c4ccccc4)nc23)c1. The fraction of sp³-hybridized carbons (Fsp3) is 0.217. The Balaban J connectivity index is 1.48. The Morgan fingerprint density at radius 1 is 1.10 bits per heavy atom. The number of aromatic nitrogens is 4. The maximum absolute atomic E-state index is 12.7. The maximum atomic E-state index is 12.7. The first kappa shape index (κ1) is 18.4. The van der Waals surface area contributed by atoms with Crippen LogP contribution in [0.2, 0.25) is 0 Å². The second-order valence-corrected chi connectivity index (χ2v) is 7.61. The summed E-state index contributed by atoms with van der Waals surface area (Å²) in [7, 11) is 0. The molecular weight excluding hydrogens is 376 g/mol. The number of benzene rings is 1. The van der Waals surface area contributed by atoms with E-state index >= 15 is 0 Å². The lowest BCUT2D eigenvalue weighted by molar-refractivity contribution is 0.0934. The molecule has 1 fully saturated rings. The zero-order chi connectivity index (χ0) is 20.5. The number of nitrogens with zero attached hydrogens (tertiary/aromatic N) is 4. The lowest BCUT2D eigenvalue weighted by Gasteiger charge is -2.17. The van der Waals surface area contributed by atoms with Crippen LogP contribution in [0.3, 0.4) is 0 Å². The zero-order valence-corrected chi connectivity index (χ0v) is 16.4. The first-order chi connectivity index (χ1) is 14.7. The van der Waals surface area contributed by atoms with Crippen LogP contribution in [0, 0.1) is 0 Å². The fourth-order valence-corrected chi connectivity index (χ4v) is 3.96. The van der Waals surface area contributed by atoms with E-state index in [0.29, 0.717) is 16.9 Å². The molecule has 3 aromatic heterocycles. The molecule has 3 N–H and O–H groups in total. The van der Waals surface area contributed by atoms with E-state index in [2.05, 4.69) is 15.4 Å². The standard InChI is InChI=1S/C23H22N6O/c24-18-7-4-8-20(18)28-23(30)16-9-11-25-21(13-16)17-14-26-29-12-10-19(27-22(17)29)15-5-2-1-3-6-15/h1-3,5-6,9-14,18,20H,4,7-8,24H2,(H,28,30)/t18-,20-/m1/s1. The maximum Gasteiger partial charge on any atom is 0.251 e. The summed E-state index contributed by atoms with van der Waals surface area (Å²) >= 11 is 0. The molecule has 0 radical (unpaired) electrons. The van der Waals surface area contributed by atoms with E-state index in [1.54, 1.807) is 29.0 Å². The molecule has 0 spiro atoms. The average molecular weight is 398 g/mol. The van der Waals surface area contributed by atoms with Crippen molar-refractivity contribution in [2.75, 3.05) is 0 Å². The molecule has 1 aliphatic carbocycles. The molecule has 0 unspecified atom stereocenters. The molecule has 0 aliphatic heterocycles. The second-order valence-electron chi connectivity index (χ2n) is 7.61. The van der Waals surface area contributed by atoms with Gasteiger partial charge in [-0.25, -0.2) is 9.50 Å². The normalized spacial score (nSPS) is 18.6. The van der Waals surface area contributed by atoms with Gasteiger partial charge in [0, 0.05) is 35.6 Å². The van der Waals surface area contributed by atoms with Crippen molar-refractivity contribution >= 4 is 11.6 Å². The number of fused-ring (bicyclic) bond motifs is 1. The molecule has 7 heteroatoms. The van der Waals surface area contributed by atoms with E-state index in [1.165, 1.54) is 0 Å². The van der Waals surface area contributed by atoms with E-state index < -0.39 is 0 Å². The van der Waals surface area contributed by atoms with Crippen LogP contribution >= 0.6 is 0 Å². The second kappa shape index (κ2) is 7.68. The third-order valence-corrected chi connectivity index (χ3v) is 5.62. The summed E-state index contributed by atoms with van der Waals surface area (Å²) in [6.07, 6.45) is 8.17. The quantitative estimate of drug-likeness (QED) is 0.550. The molecule has 0 saturated heterocycles. The van der Waals surface area contributed by atoms with Crippen LogP contribution < -0.4 is 11.1 Å². The van der Waals surface area contributed by atoms with Crippen molar-refractivity contribution in [3.63, 3.8) is 0 Å². The van der Waals surface area contributed by atoms with Crippen molar-refractivity contribution in [1.82, 2.24) is 24.9 Å². The summed E-state index contributed by atoms with van der Waals surface area (Å²) in [6.45, 7) is 0. The molecule has 30 heavy (non-hydrogen) atoms. The minimum Gasteiger partial charge on any atom is -0.348 e. The smallest absolute Gasteiger partial charge is 0.251 e. The van der Waals surface area contributed by atoms with Gasteiger partial charge in [0.15, 0.2) is 5.65 Å². The average Bonchev–Trinajstić information content (AvgIpc) is 3.40. The molecule has 5 rings (SSSR count). The Bertz CT molecular complexity index is 1200. The fourth-order valence-electron chi connectivity index (χ4n) is 3.96. The monoisotopic (exact) mass is 398 g/mol. The van der Waals surface area contributed by atoms with E-state index in [1.807, 2.05) is 42.6 Å². The van der Waals surface area contributed by atoms with Crippen molar-refractivity contribution in [2.24, 2.45) is 5.73 Å². The molecule has 1 amide bonds. The number of nitrogens with one attached hydrogen (secondary N) is 1. The Morgan fingerprint density at radius 2 is 1.97 bits per heavy atom. The van der Waals surface area contributed by atoms with Gasteiger partial charge in [0.25, 0.3) is 5.91 Å². The van der Waals surface area contributed by atoms with Gasteiger partial charge in [-0.3, -0.25) is 9.78 Å². The number of nitrogens with two attached hydrogens (primary N) is 1. The number of rotatable bonds is 4. The van der Waals surface area contributed by atoms with E-state index in [4.69, 9.17) is 10.7 Å². The summed E-state index contributed by atoms with van der Waals surface area (Å²) in [6, 6.07) is 15.5. The molecule has 0 bridgehead atoms. The van der Waals surface area contributed by atoms with Crippen LogP contribution in [0.1, 0.15) is 29.6 Å². The van der Waals surface area contributed by atoms with E-state index in [0.717, 1.165) is 36.1 Å². The van der Waals surface area contributed by atoms with Crippen molar-refractivity contribution < 1.29 is 4.79 Å². The highest BCUT2D eigenvalue weighted by atomic mass is 16.1. The molecule has 1 aliphatic rings. The largest absolute Gasteiger partial charge is 0.348 e. The van der Waals surface area contributed by atoms with E-state index in [9.17, 15) is 4.79 Å². The first-order valence-corrected chi connectivity index (χ1v) is 10.1. The number of carbonyl (C=O) groups is 1. The van der Waals surface area contributed by atoms with Gasteiger partial charge < -0.3 is 11.1 Å². The lowest BCUT2D eigenvalue weighted by atomic mass is 10.1. The Kier molecular flexibility index (Phi) is 4.72. The molecule has 2 atom stereocenters. The third-order valence-electron chi connectivity index (χ3n) is 5.62. The van der Waals surface area contributed by atoms with Gasteiger partial charge in [0.1, 0.15) is 0 Å². The van der Waals surface area contributed by atoms with Gasteiger partial charge >= 0.3 is 0 Å². The number of hydrogen-bond acceptors (Lipinski definition) is 5. The summed E-state index contributed by atoms with van der Waals surface area (Å²) < 4.78 is 1.72. The number of hydrogen-bond donors (Lipinski definition) is 2. The number of pyridine rings is 1. The molecule has 150 valence electrons. The van der Waals surface area contributed by atoms with Crippen LogP contribution in [0.5, 0.6) is 0 Å². The lowest BCUT2D eigenvalue weighted by Crippen LogP contribution is -2.43. The molecule has 1 saturated carbocycles. The minimum absolute atomic E-state index is 0.0236. The Hall–Kier alpha value is -3.58. The van der Waals surface area contributed by atoms with Gasteiger partial charge in [0.05, 0.1) is 23.1 Å². The minimum atomic E-state index is -0.129. The Labute approximate surface area is 174 Å².